The zero-order valence-corrected chi connectivity index (χ0v) is 78.9. The van der Waals surface area contributed by atoms with Crippen molar-refractivity contribution < 1.29 is 113 Å². The second-order valence-corrected chi connectivity index (χ2v) is 40.8. The summed E-state index contributed by atoms with van der Waals surface area (Å²) in [5.41, 5.74) is 4.62. The van der Waals surface area contributed by atoms with Crippen molar-refractivity contribution in [1.82, 2.24) is 17.2 Å². The van der Waals surface area contributed by atoms with Gasteiger partial charge in [0.15, 0.2) is 25.2 Å². The molecule has 8 N–H and O–H groups in total. The molecule has 4 saturated heterocycles. The summed E-state index contributed by atoms with van der Waals surface area (Å²) in [6.45, 7) is 10.3. The molecule has 8 rings (SSSR count). The van der Waals surface area contributed by atoms with Crippen LogP contribution in [0.3, 0.4) is 0 Å². The summed E-state index contributed by atoms with van der Waals surface area (Å²) in [5.74, 6) is 0. The molecule has 20 nitrogen and oxygen atoms in total. The van der Waals surface area contributed by atoms with Gasteiger partial charge < -0.3 is 40.9 Å². The predicted octanol–water partition coefficient (Wildman–Crippen LogP) is 18.5. The van der Waals surface area contributed by atoms with Crippen molar-refractivity contribution in [3.63, 3.8) is 0 Å². The van der Waals surface area contributed by atoms with Crippen molar-refractivity contribution in [2.75, 3.05) is 26.2 Å². The van der Waals surface area contributed by atoms with Crippen LogP contribution in [0.5, 0.6) is 0 Å². The Kier molecular flexibility index (Phi) is 58.1. The summed E-state index contributed by atoms with van der Waals surface area (Å²) in [6.07, 6.45) is 54.1. The summed E-state index contributed by atoms with van der Waals surface area (Å²) >= 11 is 0. The van der Waals surface area contributed by atoms with Crippen LogP contribution in [0.2, 0.25) is 0 Å². The third-order valence-electron chi connectivity index (χ3n) is 23.8. The van der Waals surface area contributed by atoms with Crippen LogP contribution in [0, 0.1) is 0 Å². The van der Waals surface area contributed by atoms with Gasteiger partial charge in [0, 0.05) is 65.1 Å². The molecule has 4 aromatic carbocycles. The van der Waals surface area contributed by atoms with E-state index in [1.807, 2.05) is 48.5 Å². The Balaban J connectivity index is 0.000000404. The molecular formula is C92H156N4O16Rh2S4. The van der Waals surface area contributed by atoms with Crippen LogP contribution in [0.1, 0.15) is 358 Å². The summed E-state index contributed by atoms with van der Waals surface area (Å²) in [5, 5.41) is 75.6. The molecule has 4 aliphatic heterocycles. The van der Waals surface area contributed by atoms with Gasteiger partial charge in [-0.05, 0) is 174 Å². The average Bonchev–Trinajstić information content (AvgIpc) is 1.57. The van der Waals surface area contributed by atoms with Crippen molar-refractivity contribution in [2.24, 2.45) is 0 Å². The van der Waals surface area contributed by atoms with E-state index in [1.165, 1.54) is 248 Å². The first-order valence-electron chi connectivity index (χ1n) is 45.7. The van der Waals surface area contributed by atoms with Gasteiger partial charge in [0.1, 0.15) is 0 Å². The molecule has 4 atom stereocenters. The Morgan fingerprint density at radius 1 is 0.237 bits per heavy atom. The number of hydrogen-bond donors (Lipinski definition) is 8. The van der Waals surface area contributed by atoms with E-state index in [0.29, 0.717) is 77.5 Å². The molecule has 0 saturated carbocycles. The van der Waals surface area contributed by atoms with Crippen LogP contribution in [-0.2, 0) is 105 Å². The van der Waals surface area contributed by atoms with Gasteiger partial charge in [-0.3, -0.25) is 0 Å². The van der Waals surface area contributed by atoms with E-state index in [0.717, 1.165) is 73.6 Å². The normalized spacial score (nSPS) is 17.7. The van der Waals surface area contributed by atoms with Crippen LogP contribution >= 0.6 is 0 Å². The molecule has 26 heteroatoms. The maximum absolute atomic E-state index is 12.8. The molecule has 0 aliphatic carbocycles. The zero-order valence-electron chi connectivity index (χ0n) is 72.4. The van der Waals surface area contributed by atoms with Crippen molar-refractivity contribution in [3.8, 4) is 0 Å². The SMILES string of the molecule is CCCCCCCCCCCCc1ccc(S(=O)(=O)N2CCCC2C(O)O)cc1.CCCCCCCCCCCCc1ccc(S(=O)(=O)N2CCCC2C(O)O)cc1.CCCCCCCCCCCCc1ccc(S(=O)(=O)N2CCCC2C(O)O)cc1.CCCCCCCCCCCCc1ccc(S(=O)(=O)N2CCCC2C(O)O)cc1.[Rh].[Rh]. The van der Waals surface area contributed by atoms with Gasteiger partial charge in [0.05, 0.1) is 43.7 Å². The fourth-order valence-electron chi connectivity index (χ4n) is 16.6. The van der Waals surface area contributed by atoms with E-state index in [9.17, 15) is 74.5 Å². The van der Waals surface area contributed by atoms with Gasteiger partial charge >= 0.3 is 0 Å². The Labute approximate surface area is 741 Å². The first-order valence-corrected chi connectivity index (χ1v) is 51.5. The number of hydrogen-bond acceptors (Lipinski definition) is 16. The molecule has 4 aliphatic rings. The number of rotatable bonds is 56. The smallest absolute Gasteiger partial charge is 0.243 e. The molecule has 0 bridgehead atoms. The van der Waals surface area contributed by atoms with E-state index in [-0.39, 0.29) is 58.5 Å². The number of aryl methyl sites for hydroxylation is 4. The summed E-state index contributed by atoms with van der Waals surface area (Å²) in [4.78, 5) is 0.933. The van der Waals surface area contributed by atoms with Crippen molar-refractivity contribution in [2.45, 2.75) is 430 Å². The van der Waals surface area contributed by atoms with Crippen molar-refractivity contribution in [3.05, 3.63) is 119 Å². The third-order valence-corrected chi connectivity index (χ3v) is 31.5. The van der Waals surface area contributed by atoms with Gasteiger partial charge in [-0.2, -0.15) is 17.2 Å². The van der Waals surface area contributed by atoms with Gasteiger partial charge in [0.25, 0.3) is 0 Å². The first kappa shape index (κ1) is 110. The maximum atomic E-state index is 12.8. The van der Waals surface area contributed by atoms with E-state index in [2.05, 4.69) is 27.7 Å². The first-order chi connectivity index (χ1) is 55.9. The second-order valence-electron chi connectivity index (χ2n) is 33.3. The minimum absolute atomic E-state index is 0. The third kappa shape index (κ3) is 40.0. The fourth-order valence-corrected chi connectivity index (χ4v) is 23.3. The van der Waals surface area contributed by atoms with Crippen LogP contribution in [0.4, 0.5) is 0 Å². The summed E-state index contributed by atoms with van der Waals surface area (Å²) in [7, 11) is -14.7. The monoisotopic (exact) mass is 1910 g/mol. The molecule has 4 unspecified atom stereocenters. The minimum atomic E-state index is -3.68. The number of aliphatic hydroxyl groups excluding tert-OH is 4. The molecule has 4 heterocycles. The average molecular weight is 1910 g/mol. The molecule has 682 valence electrons. The Bertz CT molecular complexity index is 3180. The van der Waals surface area contributed by atoms with Crippen molar-refractivity contribution >= 4 is 40.1 Å². The Morgan fingerprint density at radius 2 is 0.373 bits per heavy atom. The zero-order chi connectivity index (χ0) is 84.5. The van der Waals surface area contributed by atoms with E-state index < -0.39 is 89.4 Å². The molecule has 0 spiro atoms. The molecule has 118 heavy (non-hydrogen) atoms. The number of nitrogens with zero attached hydrogens (tertiary/aromatic N) is 4. The quantitative estimate of drug-likeness (QED) is 0.0116. The topological polar surface area (TPSA) is 311 Å². The minimum Gasteiger partial charge on any atom is -0.367 e. The van der Waals surface area contributed by atoms with E-state index in [1.54, 1.807) is 48.5 Å². The summed E-state index contributed by atoms with van der Waals surface area (Å²) in [6, 6.07) is 25.4. The maximum Gasteiger partial charge on any atom is 0.243 e. The van der Waals surface area contributed by atoms with E-state index >= 15 is 0 Å². The van der Waals surface area contributed by atoms with Gasteiger partial charge in [-0.25, -0.2) is 33.7 Å². The molecule has 4 fully saturated rings. The van der Waals surface area contributed by atoms with Gasteiger partial charge in [-0.1, -0.05) is 307 Å². The number of sulfonamides is 4. The van der Waals surface area contributed by atoms with E-state index in [4.69, 9.17) is 0 Å². The van der Waals surface area contributed by atoms with Gasteiger partial charge in [-0.15, -0.1) is 0 Å². The molecule has 0 amide bonds. The van der Waals surface area contributed by atoms with Gasteiger partial charge in [0.2, 0.25) is 40.1 Å². The van der Waals surface area contributed by atoms with Crippen LogP contribution in [-0.4, -0.2) is 167 Å². The fraction of sp³-hybridized carbons (Fsp3) is 0.739. The molecule has 0 aromatic heterocycles. The van der Waals surface area contributed by atoms with Crippen molar-refractivity contribution in [1.29, 1.82) is 0 Å². The number of benzene rings is 4. The van der Waals surface area contributed by atoms with Crippen LogP contribution < -0.4 is 0 Å². The molecule has 4 aromatic rings. The van der Waals surface area contributed by atoms with Crippen LogP contribution in [0.25, 0.3) is 0 Å². The molecular weight excluding hydrogens is 1750 g/mol. The second kappa shape index (κ2) is 62.6. The standard InChI is InChI=1S/4C23H39NO4S.2Rh/c4*1-2-3-4-5-6-7-8-9-10-11-13-20-15-17-21(18-16-20)29(27,28)24-19-12-14-22(24)23(25)26;;/h4*15-18,22-23,25-26H,2-14,19H2,1H3;;. The molecule has 2 radical (unpaired) electrons. The predicted molar refractivity (Wildman–Crippen MR) is 469 cm³/mol. The Hall–Kier alpha value is -2.55. The number of unbranched alkanes of at least 4 members (excludes halogenated alkanes) is 36. The Morgan fingerprint density at radius 3 is 0.508 bits per heavy atom. The summed E-state index contributed by atoms with van der Waals surface area (Å²) < 4.78 is 107. The largest absolute Gasteiger partial charge is 0.367 e. The number of aliphatic hydroxyl groups is 8. The van der Waals surface area contributed by atoms with Crippen LogP contribution in [0.15, 0.2) is 117 Å².